The highest BCUT2D eigenvalue weighted by atomic mass is 35.5. The van der Waals surface area contributed by atoms with E-state index in [1.54, 1.807) is 6.07 Å². The molecule has 2 aromatic rings. The number of hydrogen-bond donors (Lipinski definition) is 0. The third-order valence-electron chi connectivity index (χ3n) is 2.33. The summed E-state index contributed by atoms with van der Waals surface area (Å²) in [5.74, 6) is 0. The zero-order valence-electron chi connectivity index (χ0n) is 9.08. The lowest BCUT2D eigenvalue weighted by molar-refractivity contribution is -0.137. The van der Waals surface area contributed by atoms with Gasteiger partial charge < -0.3 is 0 Å². The van der Waals surface area contributed by atoms with Gasteiger partial charge >= 0.3 is 6.18 Å². The molecule has 1 heterocycles. The number of alkyl halides is 3. The highest BCUT2D eigenvalue weighted by molar-refractivity contribution is 6.29. The maximum Gasteiger partial charge on any atom is 0.416 e. The fourth-order valence-corrected chi connectivity index (χ4v) is 1.70. The Morgan fingerprint density at radius 1 is 1.11 bits per heavy atom. The summed E-state index contributed by atoms with van der Waals surface area (Å²) in [5, 5.41) is 0.270. The molecule has 2 nitrogen and oxygen atoms in total. The Bertz CT molecular complexity index is 555. The van der Waals surface area contributed by atoms with Crippen LogP contribution in [0.3, 0.4) is 0 Å². The number of hydrogen-bond acceptors (Lipinski definition) is 2. The summed E-state index contributed by atoms with van der Waals surface area (Å²) in [6, 6.07) is 6.67. The molecule has 0 radical (unpaired) electrons. The predicted molar refractivity (Wildman–Crippen MR) is 61.3 cm³/mol. The van der Waals surface area contributed by atoms with Crippen LogP contribution in [-0.2, 0) is 12.6 Å². The summed E-state index contributed by atoms with van der Waals surface area (Å²) >= 11 is 5.68. The summed E-state index contributed by atoms with van der Waals surface area (Å²) in [5.41, 5.74) is 0.439. The minimum absolute atomic E-state index is 0.270. The SMILES string of the molecule is FC(F)(F)c1cccc(Cc2cc(Cl)ncn2)c1. The number of benzene rings is 1. The number of aromatic nitrogens is 2. The number of nitrogens with zero attached hydrogens (tertiary/aromatic N) is 2. The normalized spacial score (nSPS) is 11.6. The molecule has 0 aliphatic heterocycles. The van der Waals surface area contributed by atoms with E-state index in [-0.39, 0.29) is 11.6 Å². The van der Waals surface area contributed by atoms with E-state index in [0.717, 1.165) is 12.1 Å². The van der Waals surface area contributed by atoms with E-state index in [1.807, 2.05) is 0 Å². The molecule has 0 saturated carbocycles. The zero-order chi connectivity index (χ0) is 13.2. The van der Waals surface area contributed by atoms with Crippen LogP contribution in [0.25, 0.3) is 0 Å². The van der Waals surface area contributed by atoms with Crippen LogP contribution in [-0.4, -0.2) is 9.97 Å². The molecule has 1 aromatic heterocycles. The van der Waals surface area contributed by atoms with E-state index in [9.17, 15) is 13.2 Å². The van der Waals surface area contributed by atoms with Gasteiger partial charge in [-0.1, -0.05) is 29.8 Å². The van der Waals surface area contributed by atoms with Crippen LogP contribution >= 0.6 is 11.6 Å². The third kappa shape index (κ3) is 3.20. The minimum atomic E-state index is -4.33. The van der Waals surface area contributed by atoms with Gasteiger partial charge in [-0.05, 0) is 17.7 Å². The van der Waals surface area contributed by atoms with Gasteiger partial charge in [0.2, 0.25) is 0 Å². The van der Waals surface area contributed by atoms with E-state index in [0.29, 0.717) is 11.3 Å². The maximum absolute atomic E-state index is 12.5. The average molecular weight is 273 g/mol. The molecule has 0 spiro atoms. The van der Waals surface area contributed by atoms with Gasteiger partial charge in [-0.15, -0.1) is 0 Å². The van der Waals surface area contributed by atoms with Crippen molar-refractivity contribution in [2.75, 3.05) is 0 Å². The average Bonchev–Trinajstić information content (AvgIpc) is 2.28. The maximum atomic E-state index is 12.5. The molecule has 18 heavy (non-hydrogen) atoms. The van der Waals surface area contributed by atoms with Crippen molar-refractivity contribution >= 4 is 11.6 Å². The molecule has 0 fully saturated rings. The highest BCUT2D eigenvalue weighted by Crippen LogP contribution is 2.29. The molecular formula is C12H8ClF3N2. The monoisotopic (exact) mass is 272 g/mol. The summed E-state index contributed by atoms with van der Waals surface area (Å²) in [6.07, 6.45) is -2.77. The van der Waals surface area contributed by atoms with Crippen LogP contribution in [0.5, 0.6) is 0 Å². The lowest BCUT2D eigenvalue weighted by Crippen LogP contribution is -2.05. The van der Waals surface area contributed by atoms with Crippen LogP contribution in [0, 0.1) is 0 Å². The van der Waals surface area contributed by atoms with E-state index in [1.165, 1.54) is 18.5 Å². The fraction of sp³-hybridized carbons (Fsp3) is 0.167. The van der Waals surface area contributed by atoms with E-state index in [4.69, 9.17) is 11.6 Å². The lowest BCUT2D eigenvalue weighted by Gasteiger charge is -2.08. The second-order valence-corrected chi connectivity index (χ2v) is 4.09. The molecule has 0 saturated heterocycles. The smallest absolute Gasteiger partial charge is 0.241 e. The van der Waals surface area contributed by atoms with Crippen molar-refractivity contribution in [1.82, 2.24) is 9.97 Å². The van der Waals surface area contributed by atoms with Gasteiger partial charge in [-0.3, -0.25) is 0 Å². The van der Waals surface area contributed by atoms with Crippen LogP contribution < -0.4 is 0 Å². The molecular weight excluding hydrogens is 265 g/mol. The molecule has 0 N–H and O–H groups in total. The van der Waals surface area contributed by atoms with Crippen LogP contribution in [0.15, 0.2) is 36.7 Å². The second-order valence-electron chi connectivity index (χ2n) is 3.71. The summed E-state index contributed by atoms with van der Waals surface area (Å²) in [4.78, 5) is 7.66. The standard InChI is InChI=1S/C12H8ClF3N2/c13-11-6-10(17-7-18-11)5-8-2-1-3-9(4-8)12(14,15)16/h1-4,6-7H,5H2. The molecule has 0 unspecified atom stereocenters. The van der Waals surface area contributed by atoms with Gasteiger partial charge in [0.15, 0.2) is 0 Å². The molecule has 0 aliphatic carbocycles. The zero-order valence-corrected chi connectivity index (χ0v) is 9.83. The van der Waals surface area contributed by atoms with Crippen LogP contribution in [0.1, 0.15) is 16.8 Å². The minimum Gasteiger partial charge on any atom is -0.241 e. The first-order valence-corrected chi connectivity index (χ1v) is 5.45. The predicted octanol–water partition coefficient (Wildman–Crippen LogP) is 3.74. The van der Waals surface area contributed by atoms with Gasteiger partial charge in [0, 0.05) is 12.1 Å². The van der Waals surface area contributed by atoms with Gasteiger partial charge in [0.05, 0.1) is 5.56 Å². The topological polar surface area (TPSA) is 25.8 Å². The highest BCUT2D eigenvalue weighted by Gasteiger charge is 2.30. The van der Waals surface area contributed by atoms with E-state index >= 15 is 0 Å². The Balaban J connectivity index is 2.25. The number of halogens is 4. The molecule has 6 heteroatoms. The Morgan fingerprint density at radius 3 is 2.56 bits per heavy atom. The van der Waals surface area contributed by atoms with E-state index < -0.39 is 11.7 Å². The lowest BCUT2D eigenvalue weighted by atomic mass is 10.1. The molecule has 94 valence electrons. The summed E-state index contributed by atoms with van der Waals surface area (Å²) < 4.78 is 37.6. The van der Waals surface area contributed by atoms with Crippen molar-refractivity contribution in [2.24, 2.45) is 0 Å². The van der Waals surface area contributed by atoms with Crippen molar-refractivity contribution in [3.05, 3.63) is 58.6 Å². The van der Waals surface area contributed by atoms with E-state index in [2.05, 4.69) is 9.97 Å². The van der Waals surface area contributed by atoms with Gasteiger partial charge in [-0.25, -0.2) is 9.97 Å². The third-order valence-corrected chi connectivity index (χ3v) is 2.54. The Labute approximate surface area is 106 Å². The molecule has 0 bridgehead atoms. The molecule has 0 amide bonds. The summed E-state index contributed by atoms with van der Waals surface area (Å²) in [6.45, 7) is 0. The first-order valence-electron chi connectivity index (χ1n) is 5.08. The quantitative estimate of drug-likeness (QED) is 0.778. The van der Waals surface area contributed by atoms with Crippen molar-refractivity contribution in [2.45, 2.75) is 12.6 Å². The Hall–Kier alpha value is -1.62. The Kier molecular flexibility index (Phi) is 3.52. The summed E-state index contributed by atoms with van der Waals surface area (Å²) in [7, 11) is 0. The van der Waals surface area contributed by atoms with Gasteiger partial charge in [0.25, 0.3) is 0 Å². The van der Waals surface area contributed by atoms with Crippen molar-refractivity contribution in [3.8, 4) is 0 Å². The molecule has 0 atom stereocenters. The first-order chi connectivity index (χ1) is 8.45. The fourth-order valence-electron chi connectivity index (χ4n) is 1.53. The van der Waals surface area contributed by atoms with Crippen molar-refractivity contribution in [3.63, 3.8) is 0 Å². The molecule has 1 aromatic carbocycles. The second kappa shape index (κ2) is 4.94. The van der Waals surface area contributed by atoms with Crippen LogP contribution in [0.2, 0.25) is 5.15 Å². The van der Waals surface area contributed by atoms with Gasteiger partial charge in [-0.2, -0.15) is 13.2 Å². The largest absolute Gasteiger partial charge is 0.416 e. The van der Waals surface area contributed by atoms with Gasteiger partial charge in [0.1, 0.15) is 11.5 Å². The molecule has 0 aliphatic rings. The van der Waals surface area contributed by atoms with Crippen molar-refractivity contribution in [1.29, 1.82) is 0 Å². The Morgan fingerprint density at radius 2 is 1.89 bits per heavy atom. The first kappa shape index (κ1) is 12.8. The van der Waals surface area contributed by atoms with Crippen LogP contribution in [0.4, 0.5) is 13.2 Å². The number of rotatable bonds is 2. The van der Waals surface area contributed by atoms with Crippen molar-refractivity contribution < 1.29 is 13.2 Å². The molecule has 2 rings (SSSR count).